The van der Waals surface area contributed by atoms with Crippen LogP contribution in [-0.2, 0) is 4.74 Å². The first kappa shape index (κ1) is 10.7. The fraction of sp³-hybridized carbons (Fsp3) is 0.900. The number of carbonyl (C=O) groups is 1. The lowest BCUT2D eigenvalue weighted by Gasteiger charge is -2.29. The van der Waals surface area contributed by atoms with E-state index in [9.17, 15) is 4.79 Å². The summed E-state index contributed by atoms with van der Waals surface area (Å²) >= 11 is 0. The molecule has 1 amide bonds. The molecule has 2 aliphatic heterocycles. The minimum absolute atomic E-state index is 0.0154. The zero-order chi connectivity index (χ0) is 10.7. The van der Waals surface area contributed by atoms with Crippen LogP contribution in [-0.4, -0.2) is 54.5 Å². The summed E-state index contributed by atoms with van der Waals surface area (Å²) in [7, 11) is 0. The normalized spacial score (nSPS) is 31.8. The highest BCUT2D eigenvalue weighted by atomic mass is 16.6. The Balaban J connectivity index is 1.88. The second kappa shape index (κ2) is 4.81. The van der Waals surface area contributed by atoms with Crippen LogP contribution in [0.3, 0.4) is 0 Å². The summed E-state index contributed by atoms with van der Waals surface area (Å²) in [5.41, 5.74) is 0. The van der Waals surface area contributed by atoms with E-state index in [0.29, 0.717) is 19.2 Å². The van der Waals surface area contributed by atoms with E-state index in [0.717, 1.165) is 13.0 Å². The number of amides is 1. The molecule has 0 aromatic carbocycles. The molecule has 2 unspecified atom stereocenters. The van der Waals surface area contributed by atoms with Crippen molar-refractivity contribution in [2.45, 2.75) is 31.3 Å². The Morgan fingerprint density at radius 3 is 3.07 bits per heavy atom. The Morgan fingerprint density at radius 1 is 1.53 bits per heavy atom. The van der Waals surface area contributed by atoms with Crippen molar-refractivity contribution in [1.29, 1.82) is 0 Å². The molecule has 2 aliphatic rings. The Bertz CT molecular complexity index is 229. The maximum absolute atomic E-state index is 11.4. The van der Waals surface area contributed by atoms with Gasteiger partial charge >= 0.3 is 6.09 Å². The highest BCUT2D eigenvalue weighted by Gasteiger charge is 2.34. The van der Waals surface area contributed by atoms with Crippen LogP contribution in [0.15, 0.2) is 0 Å². The monoisotopic (exact) mass is 214 g/mol. The predicted molar refractivity (Wildman–Crippen MR) is 54.6 cm³/mol. The molecule has 15 heavy (non-hydrogen) atoms. The van der Waals surface area contributed by atoms with Crippen LogP contribution < -0.4 is 5.32 Å². The first-order valence-electron chi connectivity index (χ1n) is 5.59. The Hall–Kier alpha value is -0.810. The molecule has 0 aromatic heterocycles. The molecule has 0 bridgehead atoms. The Labute approximate surface area is 89.4 Å². The fourth-order valence-electron chi connectivity index (χ4n) is 2.18. The van der Waals surface area contributed by atoms with Gasteiger partial charge in [0.05, 0.1) is 12.6 Å². The molecular formula is C10H18N2O3. The molecule has 2 heterocycles. The fourth-order valence-corrected chi connectivity index (χ4v) is 2.18. The maximum atomic E-state index is 11.4. The van der Waals surface area contributed by atoms with E-state index in [4.69, 9.17) is 9.84 Å². The van der Waals surface area contributed by atoms with Gasteiger partial charge in [0.15, 0.2) is 0 Å². The topological polar surface area (TPSA) is 61.8 Å². The van der Waals surface area contributed by atoms with Crippen molar-refractivity contribution in [2.24, 2.45) is 0 Å². The maximum Gasteiger partial charge on any atom is 0.410 e. The SMILES string of the molecule is O=C1OCC(CO)N1CC1CCCCN1. The van der Waals surface area contributed by atoms with Gasteiger partial charge in [-0.25, -0.2) is 4.79 Å². The molecule has 2 fully saturated rings. The number of piperidine rings is 1. The number of carbonyl (C=O) groups excluding carboxylic acids is 1. The van der Waals surface area contributed by atoms with Crippen molar-refractivity contribution in [2.75, 3.05) is 26.3 Å². The molecule has 0 aromatic rings. The first-order chi connectivity index (χ1) is 7.31. The molecule has 2 atom stereocenters. The van der Waals surface area contributed by atoms with Gasteiger partial charge in [-0.15, -0.1) is 0 Å². The largest absolute Gasteiger partial charge is 0.447 e. The molecule has 0 aliphatic carbocycles. The molecule has 0 saturated carbocycles. The molecule has 2 N–H and O–H groups in total. The number of aliphatic hydroxyl groups is 1. The van der Waals surface area contributed by atoms with E-state index < -0.39 is 0 Å². The molecule has 86 valence electrons. The number of hydrogen-bond acceptors (Lipinski definition) is 4. The van der Waals surface area contributed by atoms with Gasteiger partial charge in [0.2, 0.25) is 0 Å². The van der Waals surface area contributed by atoms with Gasteiger partial charge in [-0.05, 0) is 19.4 Å². The summed E-state index contributed by atoms with van der Waals surface area (Å²) in [5, 5.41) is 12.5. The van der Waals surface area contributed by atoms with Crippen molar-refractivity contribution in [3.63, 3.8) is 0 Å². The van der Waals surface area contributed by atoms with Crippen molar-refractivity contribution >= 4 is 6.09 Å². The van der Waals surface area contributed by atoms with E-state index in [2.05, 4.69) is 5.32 Å². The van der Waals surface area contributed by atoms with Crippen LogP contribution in [0, 0.1) is 0 Å². The third-order valence-electron chi connectivity index (χ3n) is 3.11. The molecule has 0 spiro atoms. The minimum atomic E-state index is -0.290. The number of aliphatic hydroxyl groups excluding tert-OH is 1. The number of nitrogens with zero attached hydrogens (tertiary/aromatic N) is 1. The van der Waals surface area contributed by atoms with Gasteiger partial charge in [-0.3, -0.25) is 4.90 Å². The van der Waals surface area contributed by atoms with E-state index in [1.165, 1.54) is 12.8 Å². The molecule has 5 nitrogen and oxygen atoms in total. The third kappa shape index (κ3) is 2.41. The molecular weight excluding hydrogens is 196 g/mol. The highest BCUT2D eigenvalue weighted by Crippen LogP contribution is 2.15. The highest BCUT2D eigenvalue weighted by molar-refractivity contribution is 5.70. The lowest BCUT2D eigenvalue weighted by atomic mass is 10.0. The summed E-state index contributed by atoms with van der Waals surface area (Å²) < 4.78 is 4.91. The Morgan fingerprint density at radius 2 is 2.40 bits per heavy atom. The summed E-state index contributed by atoms with van der Waals surface area (Å²) in [5.74, 6) is 0. The van der Waals surface area contributed by atoms with Gasteiger partial charge in [0, 0.05) is 12.6 Å². The smallest absolute Gasteiger partial charge is 0.410 e. The van der Waals surface area contributed by atoms with Gasteiger partial charge in [0.1, 0.15) is 6.61 Å². The standard InChI is InChI=1S/C10H18N2O3/c13-6-9-7-15-10(14)12(9)5-8-3-1-2-4-11-8/h8-9,11,13H,1-7H2. The van der Waals surface area contributed by atoms with Crippen LogP contribution in [0.1, 0.15) is 19.3 Å². The van der Waals surface area contributed by atoms with Crippen LogP contribution >= 0.6 is 0 Å². The minimum Gasteiger partial charge on any atom is -0.447 e. The van der Waals surface area contributed by atoms with Crippen molar-refractivity contribution in [3.8, 4) is 0 Å². The molecule has 2 rings (SSSR count). The van der Waals surface area contributed by atoms with E-state index in [-0.39, 0.29) is 18.7 Å². The summed E-state index contributed by atoms with van der Waals surface area (Å²) in [4.78, 5) is 13.0. The average molecular weight is 214 g/mol. The molecule has 2 saturated heterocycles. The lowest BCUT2D eigenvalue weighted by Crippen LogP contribution is -2.47. The number of rotatable bonds is 3. The van der Waals surface area contributed by atoms with E-state index in [1.54, 1.807) is 4.90 Å². The second-order valence-electron chi connectivity index (χ2n) is 4.21. The van der Waals surface area contributed by atoms with Crippen LogP contribution in [0.4, 0.5) is 4.79 Å². The zero-order valence-electron chi connectivity index (χ0n) is 8.82. The number of nitrogens with one attached hydrogen (secondary N) is 1. The quantitative estimate of drug-likeness (QED) is 0.691. The summed E-state index contributed by atoms with van der Waals surface area (Å²) in [6.07, 6.45) is 3.23. The number of cyclic esters (lactones) is 1. The Kier molecular flexibility index (Phi) is 3.43. The van der Waals surface area contributed by atoms with E-state index in [1.807, 2.05) is 0 Å². The molecule has 0 radical (unpaired) electrons. The van der Waals surface area contributed by atoms with Crippen molar-refractivity contribution in [3.05, 3.63) is 0 Å². The second-order valence-corrected chi connectivity index (χ2v) is 4.21. The predicted octanol–water partition coefficient (Wildman–Crippen LogP) is -0.0584. The first-order valence-corrected chi connectivity index (χ1v) is 5.59. The number of hydrogen-bond donors (Lipinski definition) is 2. The zero-order valence-corrected chi connectivity index (χ0v) is 8.82. The van der Waals surface area contributed by atoms with Crippen LogP contribution in [0.2, 0.25) is 0 Å². The lowest BCUT2D eigenvalue weighted by molar-refractivity contribution is 0.145. The van der Waals surface area contributed by atoms with Crippen LogP contribution in [0.25, 0.3) is 0 Å². The van der Waals surface area contributed by atoms with Crippen molar-refractivity contribution in [1.82, 2.24) is 10.2 Å². The van der Waals surface area contributed by atoms with Crippen molar-refractivity contribution < 1.29 is 14.6 Å². The van der Waals surface area contributed by atoms with Gasteiger partial charge in [-0.2, -0.15) is 0 Å². The van der Waals surface area contributed by atoms with Gasteiger partial charge < -0.3 is 15.2 Å². The summed E-state index contributed by atoms with van der Waals surface area (Å²) in [6, 6.07) is 0.208. The van der Waals surface area contributed by atoms with Crippen LogP contribution in [0.5, 0.6) is 0 Å². The summed E-state index contributed by atoms with van der Waals surface area (Å²) in [6.45, 7) is 1.99. The number of ether oxygens (including phenoxy) is 1. The van der Waals surface area contributed by atoms with Gasteiger partial charge in [-0.1, -0.05) is 6.42 Å². The molecule has 5 heteroatoms. The van der Waals surface area contributed by atoms with E-state index >= 15 is 0 Å². The third-order valence-corrected chi connectivity index (χ3v) is 3.11. The van der Waals surface area contributed by atoms with Gasteiger partial charge in [0.25, 0.3) is 0 Å². The average Bonchev–Trinajstić information content (AvgIpc) is 2.62.